The first-order chi connectivity index (χ1) is 13.1. The summed E-state index contributed by atoms with van der Waals surface area (Å²) in [6.07, 6.45) is 10.1. The number of amides is 1. The zero-order chi connectivity index (χ0) is 18.8. The Kier molecular flexibility index (Phi) is 5.81. The third kappa shape index (κ3) is 4.05. The number of nitrogens with zero attached hydrogens (tertiary/aromatic N) is 4. The van der Waals surface area contributed by atoms with Crippen molar-refractivity contribution in [3.63, 3.8) is 0 Å². The molecule has 4 rings (SSSR count). The van der Waals surface area contributed by atoms with E-state index in [1.54, 1.807) is 0 Å². The lowest BCUT2D eigenvalue weighted by molar-refractivity contribution is -0.142. The highest BCUT2D eigenvalue weighted by molar-refractivity contribution is 5.81. The number of piperidine rings is 1. The van der Waals surface area contributed by atoms with Crippen LogP contribution in [0.4, 0.5) is 0 Å². The fourth-order valence-electron chi connectivity index (χ4n) is 4.80. The van der Waals surface area contributed by atoms with Crippen LogP contribution in [0.15, 0.2) is 0 Å². The molecule has 2 saturated heterocycles. The van der Waals surface area contributed by atoms with E-state index in [1.807, 2.05) is 4.90 Å². The van der Waals surface area contributed by atoms with Gasteiger partial charge in [0.15, 0.2) is 5.82 Å². The highest BCUT2D eigenvalue weighted by Crippen LogP contribution is 2.34. The van der Waals surface area contributed by atoms with Crippen molar-refractivity contribution in [3.05, 3.63) is 11.6 Å². The van der Waals surface area contributed by atoms with Gasteiger partial charge in [0, 0.05) is 31.5 Å². The first kappa shape index (κ1) is 18.9. The van der Waals surface area contributed by atoms with Crippen LogP contribution >= 0.6 is 0 Å². The molecular formula is C21H34N4O2. The largest absolute Gasteiger partial charge is 0.368 e. The topological polar surface area (TPSA) is 60.3 Å². The first-order valence-corrected chi connectivity index (χ1v) is 11.0. The van der Waals surface area contributed by atoms with Gasteiger partial charge in [-0.3, -0.25) is 4.79 Å². The van der Waals surface area contributed by atoms with Crippen molar-refractivity contribution in [2.45, 2.75) is 95.6 Å². The standard InChI is InChI=1S/C21H34N4O2/c1-15(2)19-22-20(25(23-19)17-7-4-3-5-8-17)16-10-12-24(13-11-16)21(26)18-9-6-14-27-18/h15-18H,3-14H2,1-2H3/t18-/m0/s1. The number of hydrogen-bond acceptors (Lipinski definition) is 4. The molecule has 1 saturated carbocycles. The van der Waals surface area contributed by atoms with Crippen molar-refractivity contribution in [1.82, 2.24) is 19.7 Å². The van der Waals surface area contributed by atoms with Crippen LogP contribution < -0.4 is 0 Å². The summed E-state index contributed by atoms with van der Waals surface area (Å²) >= 11 is 0. The summed E-state index contributed by atoms with van der Waals surface area (Å²) < 4.78 is 7.86. The molecule has 0 unspecified atom stereocenters. The zero-order valence-corrected chi connectivity index (χ0v) is 16.9. The van der Waals surface area contributed by atoms with Crippen LogP contribution in [-0.4, -0.2) is 51.4 Å². The SMILES string of the molecule is CC(C)c1nc(C2CCN(C(=O)[C@@H]3CCCO3)CC2)n(C2CCCCC2)n1. The molecule has 0 aromatic carbocycles. The molecule has 1 aromatic heterocycles. The number of carbonyl (C=O) groups excluding carboxylic acids is 1. The van der Waals surface area contributed by atoms with E-state index in [-0.39, 0.29) is 12.0 Å². The molecule has 1 aromatic rings. The van der Waals surface area contributed by atoms with E-state index in [0.29, 0.717) is 17.9 Å². The molecule has 0 radical (unpaired) electrons. The van der Waals surface area contributed by atoms with Gasteiger partial charge in [-0.1, -0.05) is 33.1 Å². The van der Waals surface area contributed by atoms with E-state index in [1.165, 1.54) is 37.9 Å². The molecule has 150 valence electrons. The average molecular weight is 375 g/mol. The van der Waals surface area contributed by atoms with Crippen molar-refractivity contribution in [3.8, 4) is 0 Å². The predicted molar refractivity (Wildman–Crippen MR) is 104 cm³/mol. The second-order valence-electron chi connectivity index (χ2n) is 8.82. The summed E-state index contributed by atoms with van der Waals surface area (Å²) in [6.45, 7) is 6.71. The van der Waals surface area contributed by atoms with Crippen LogP contribution in [0.5, 0.6) is 0 Å². The third-order valence-electron chi connectivity index (χ3n) is 6.49. The van der Waals surface area contributed by atoms with Crippen LogP contribution in [0.25, 0.3) is 0 Å². The van der Waals surface area contributed by atoms with Crippen LogP contribution in [-0.2, 0) is 9.53 Å². The molecule has 2 aliphatic heterocycles. The van der Waals surface area contributed by atoms with Gasteiger partial charge in [-0.25, -0.2) is 9.67 Å². The molecule has 3 fully saturated rings. The molecule has 0 spiro atoms. The molecule has 0 N–H and O–H groups in total. The molecule has 1 amide bonds. The molecule has 0 bridgehead atoms. The molecule has 27 heavy (non-hydrogen) atoms. The zero-order valence-electron chi connectivity index (χ0n) is 16.9. The Morgan fingerprint density at radius 3 is 2.41 bits per heavy atom. The number of ether oxygens (including phenoxy) is 1. The van der Waals surface area contributed by atoms with E-state index in [0.717, 1.165) is 51.2 Å². The van der Waals surface area contributed by atoms with E-state index in [9.17, 15) is 4.79 Å². The monoisotopic (exact) mass is 374 g/mol. The Morgan fingerprint density at radius 2 is 1.78 bits per heavy atom. The van der Waals surface area contributed by atoms with Gasteiger partial charge in [-0.2, -0.15) is 5.10 Å². The minimum absolute atomic E-state index is 0.194. The Bertz CT molecular complexity index is 637. The van der Waals surface area contributed by atoms with Crippen LogP contribution in [0.2, 0.25) is 0 Å². The number of likely N-dealkylation sites (tertiary alicyclic amines) is 1. The molecule has 1 atom stereocenters. The summed E-state index contributed by atoms with van der Waals surface area (Å²) in [4.78, 5) is 19.6. The highest BCUT2D eigenvalue weighted by Gasteiger charge is 2.34. The second-order valence-corrected chi connectivity index (χ2v) is 8.82. The molecule has 6 nitrogen and oxygen atoms in total. The molecule has 1 aliphatic carbocycles. The summed E-state index contributed by atoms with van der Waals surface area (Å²) in [7, 11) is 0. The fourth-order valence-corrected chi connectivity index (χ4v) is 4.80. The molecular weight excluding hydrogens is 340 g/mol. The normalized spacial score (nSPS) is 25.4. The van der Waals surface area contributed by atoms with Gasteiger partial charge in [-0.15, -0.1) is 0 Å². The maximum Gasteiger partial charge on any atom is 0.251 e. The van der Waals surface area contributed by atoms with Gasteiger partial charge in [0.2, 0.25) is 0 Å². The Morgan fingerprint density at radius 1 is 1.04 bits per heavy atom. The smallest absolute Gasteiger partial charge is 0.251 e. The highest BCUT2D eigenvalue weighted by atomic mass is 16.5. The molecule has 3 aliphatic rings. The number of carbonyl (C=O) groups is 1. The lowest BCUT2D eigenvalue weighted by atomic mass is 9.92. The fraction of sp³-hybridized carbons (Fsp3) is 0.857. The van der Waals surface area contributed by atoms with Crippen LogP contribution in [0.1, 0.15) is 101 Å². The summed E-state index contributed by atoms with van der Waals surface area (Å²) in [5.74, 6) is 3.13. The number of rotatable bonds is 4. The van der Waals surface area contributed by atoms with Crippen LogP contribution in [0, 0.1) is 0 Å². The van der Waals surface area contributed by atoms with E-state index in [4.69, 9.17) is 14.8 Å². The van der Waals surface area contributed by atoms with E-state index in [2.05, 4.69) is 18.5 Å². The van der Waals surface area contributed by atoms with Crippen molar-refractivity contribution in [2.75, 3.05) is 19.7 Å². The van der Waals surface area contributed by atoms with Crippen molar-refractivity contribution < 1.29 is 9.53 Å². The van der Waals surface area contributed by atoms with Crippen molar-refractivity contribution >= 4 is 5.91 Å². The van der Waals surface area contributed by atoms with Gasteiger partial charge < -0.3 is 9.64 Å². The summed E-state index contributed by atoms with van der Waals surface area (Å²) in [6, 6.07) is 0.514. The van der Waals surface area contributed by atoms with Gasteiger partial charge in [0.1, 0.15) is 11.9 Å². The molecule has 3 heterocycles. The van der Waals surface area contributed by atoms with Crippen molar-refractivity contribution in [2.24, 2.45) is 0 Å². The first-order valence-electron chi connectivity index (χ1n) is 11.0. The Balaban J connectivity index is 1.46. The maximum absolute atomic E-state index is 12.6. The van der Waals surface area contributed by atoms with E-state index < -0.39 is 0 Å². The molecule has 6 heteroatoms. The van der Waals surface area contributed by atoms with Gasteiger partial charge in [0.25, 0.3) is 5.91 Å². The van der Waals surface area contributed by atoms with Crippen LogP contribution in [0.3, 0.4) is 0 Å². The Labute approximate surface area is 162 Å². The second kappa shape index (κ2) is 8.29. The Hall–Kier alpha value is -1.43. The maximum atomic E-state index is 12.6. The van der Waals surface area contributed by atoms with Crippen molar-refractivity contribution in [1.29, 1.82) is 0 Å². The van der Waals surface area contributed by atoms with Gasteiger partial charge in [0.05, 0.1) is 6.04 Å². The lowest BCUT2D eigenvalue weighted by Crippen LogP contribution is -2.43. The number of aromatic nitrogens is 3. The third-order valence-corrected chi connectivity index (χ3v) is 6.49. The predicted octanol–water partition coefficient (Wildman–Crippen LogP) is 3.79. The minimum atomic E-state index is -0.194. The van der Waals surface area contributed by atoms with Gasteiger partial charge in [-0.05, 0) is 38.5 Å². The van der Waals surface area contributed by atoms with Gasteiger partial charge >= 0.3 is 0 Å². The minimum Gasteiger partial charge on any atom is -0.368 e. The number of hydrogen-bond donors (Lipinski definition) is 0. The summed E-state index contributed by atoms with van der Waals surface area (Å²) in [5.41, 5.74) is 0. The quantitative estimate of drug-likeness (QED) is 0.804. The average Bonchev–Trinajstić information content (AvgIpc) is 3.38. The lowest BCUT2D eigenvalue weighted by Gasteiger charge is -2.34. The van der Waals surface area contributed by atoms with E-state index >= 15 is 0 Å². The summed E-state index contributed by atoms with van der Waals surface area (Å²) in [5, 5.41) is 4.93.